The average Bonchev–Trinajstić information content (AvgIpc) is 2.45. The third-order valence-corrected chi connectivity index (χ3v) is 3.12. The van der Waals surface area contributed by atoms with E-state index < -0.39 is 0 Å². The topological polar surface area (TPSA) is 48.4 Å². The van der Waals surface area contributed by atoms with Gasteiger partial charge in [-0.25, -0.2) is 0 Å². The molecule has 0 saturated carbocycles. The Balaban J connectivity index is 2.43. The molecule has 4 heteroatoms. The van der Waals surface area contributed by atoms with Crippen molar-refractivity contribution in [3.8, 4) is 11.5 Å². The normalized spacial score (nSPS) is 10.2. The van der Waals surface area contributed by atoms with Gasteiger partial charge >= 0.3 is 0 Å². The fourth-order valence-corrected chi connectivity index (χ4v) is 2.06. The SMILES string of the molecule is COc1ccc(C(=O)c2ccc(C)nc2C)cc1OC. The van der Waals surface area contributed by atoms with Crippen molar-refractivity contribution in [2.45, 2.75) is 13.8 Å². The first-order valence-electron chi connectivity index (χ1n) is 6.27. The van der Waals surface area contributed by atoms with Gasteiger partial charge in [-0.3, -0.25) is 9.78 Å². The third kappa shape index (κ3) is 2.64. The Labute approximate surface area is 118 Å². The number of hydrogen-bond acceptors (Lipinski definition) is 4. The molecule has 0 saturated heterocycles. The maximum atomic E-state index is 12.5. The van der Waals surface area contributed by atoms with Crippen molar-refractivity contribution in [1.82, 2.24) is 4.98 Å². The molecule has 0 aliphatic carbocycles. The highest BCUT2D eigenvalue weighted by Crippen LogP contribution is 2.28. The summed E-state index contributed by atoms with van der Waals surface area (Å²) in [6.45, 7) is 3.73. The zero-order valence-corrected chi connectivity index (χ0v) is 12.1. The molecule has 2 rings (SSSR count). The van der Waals surface area contributed by atoms with E-state index in [1.165, 1.54) is 0 Å². The van der Waals surface area contributed by atoms with Crippen molar-refractivity contribution in [3.05, 3.63) is 52.8 Å². The minimum absolute atomic E-state index is 0.0732. The van der Waals surface area contributed by atoms with Gasteiger partial charge in [0.2, 0.25) is 0 Å². The third-order valence-electron chi connectivity index (χ3n) is 3.12. The van der Waals surface area contributed by atoms with E-state index in [0.717, 1.165) is 11.4 Å². The van der Waals surface area contributed by atoms with Crippen LogP contribution in [-0.2, 0) is 0 Å². The van der Waals surface area contributed by atoms with Crippen LogP contribution in [-0.4, -0.2) is 25.0 Å². The molecule has 0 bridgehead atoms. The van der Waals surface area contributed by atoms with E-state index in [1.807, 2.05) is 19.9 Å². The fourth-order valence-electron chi connectivity index (χ4n) is 2.06. The fraction of sp³-hybridized carbons (Fsp3) is 0.250. The molecular weight excluding hydrogens is 254 g/mol. The standard InChI is InChI=1S/C16H17NO3/c1-10-5-7-13(11(2)17-10)16(18)12-6-8-14(19-3)15(9-12)20-4/h5-9H,1-4H3. The Hall–Kier alpha value is -2.36. The molecule has 0 spiro atoms. The number of aryl methyl sites for hydroxylation is 2. The Kier molecular flexibility index (Phi) is 4.03. The maximum absolute atomic E-state index is 12.5. The van der Waals surface area contributed by atoms with Crippen molar-refractivity contribution in [2.75, 3.05) is 14.2 Å². The number of carbonyl (C=O) groups is 1. The van der Waals surface area contributed by atoms with Crippen LogP contribution in [0.5, 0.6) is 11.5 Å². The number of benzene rings is 1. The van der Waals surface area contributed by atoms with Crippen LogP contribution in [0.3, 0.4) is 0 Å². The van der Waals surface area contributed by atoms with Gasteiger partial charge in [0.05, 0.1) is 14.2 Å². The van der Waals surface area contributed by atoms with Crippen LogP contribution in [0, 0.1) is 13.8 Å². The lowest BCUT2D eigenvalue weighted by Crippen LogP contribution is -2.06. The minimum atomic E-state index is -0.0732. The van der Waals surface area contributed by atoms with E-state index >= 15 is 0 Å². The molecule has 0 fully saturated rings. The van der Waals surface area contributed by atoms with E-state index in [1.54, 1.807) is 38.5 Å². The Bertz CT molecular complexity index is 650. The molecule has 20 heavy (non-hydrogen) atoms. The molecule has 0 atom stereocenters. The lowest BCUT2D eigenvalue weighted by atomic mass is 10.0. The maximum Gasteiger partial charge on any atom is 0.194 e. The van der Waals surface area contributed by atoms with Crippen molar-refractivity contribution in [1.29, 1.82) is 0 Å². The zero-order chi connectivity index (χ0) is 14.7. The van der Waals surface area contributed by atoms with Crippen molar-refractivity contribution in [2.24, 2.45) is 0 Å². The monoisotopic (exact) mass is 271 g/mol. The summed E-state index contributed by atoms with van der Waals surface area (Å²) in [7, 11) is 3.11. The molecule has 2 aromatic rings. The molecule has 0 N–H and O–H groups in total. The second-order valence-electron chi connectivity index (χ2n) is 4.48. The molecule has 1 aromatic heterocycles. The molecule has 0 aliphatic heterocycles. The van der Waals surface area contributed by atoms with E-state index in [-0.39, 0.29) is 5.78 Å². The molecular formula is C16H17NO3. The van der Waals surface area contributed by atoms with Gasteiger partial charge in [-0.15, -0.1) is 0 Å². The summed E-state index contributed by atoms with van der Waals surface area (Å²) in [6.07, 6.45) is 0. The van der Waals surface area contributed by atoms with Crippen LogP contribution in [0.1, 0.15) is 27.3 Å². The van der Waals surface area contributed by atoms with Gasteiger partial charge in [0, 0.05) is 22.5 Å². The van der Waals surface area contributed by atoms with Crippen LogP contribution in [0.2, 0.25) is 0 Å². The molecule has 4 nitrogen and oxygen atoms in total. The molecule has 104 valence electrons. The first-order valence-corrected chi connectivity index (χ1v) is 6.27. The largest absolute Gasteiger partial charge is 0.493 e. The summed E-state index contributed by atoms with van der Waals surface area (Å²) in [5, 5.41) is 0. The van der Waals surface area contributed by atoms with Gasteiger partial charge in [0.15, 0.2) is 17.3 Å². The van der Waals surface area contributed by atoms with E-state index in [9.17, 15) is 4.79 Å². The Morgan fingerprint density at radius 1 is 1.00 bits per heavy atom. The summed E-state index contributed by atoms with van der Waals surface area (Å²) in [5.41, 5.74) is 2.77. The minimum Gasteiger partial charge on any atom is -0.493 e. The molecule has 1 heterocycles. The van der Waals surface area contributed by atoms with Crippen LogP contribution >= 0.6 is 0 Å². The summed E-state index contributed by atoms with van der Waals surface area (Å²) >= 11 is 0. The summed E-state index contributed by atoms with van der Waals surface area (Å²) < 4.78 is 10.4. The van der Waals surface area contributed by atoms with Crippen LogP contribution in [0.4, 0.5) is 0 Å². The lowest BCUT2D eigenvalue weighted by molar-refractivity contribution is 0.103. The van der Waals surface area contributed by atoms with Gasteiger partial charge in [0.1, 0.15) is 0 Å². The van der Waals surface area contributed by atoms with Gasteiger partial charge in [-0.1, -0.05) is 0 Å². The van der Waals surface area contributed by atoms with Gasteiger partial charge < -0.3 is 9.47 Å². The highest BCUT2D eigenvalue weighted by molar-refractivity contribution is 6.10. The number of rotatable bonds is 4. The number of carbonyl (C=O) groups excluding carboxylic acids is 1. The molecule has 0 aliphatic rings. The molecule has 0 amide bonds. The zero-order valence-electron chi connectivity index (χ0n) is 12.1. The highest BCUT2D eigenvalue weighted by Gasteiger charge is 2.15. The molecule has 0 radical (unpaired) electrons. The van der Waals surface area contributed by atoms with Gasteiger partial charge in [0.25, 0.3) is 0 Å². The molecule has 1 aromatic carbocycles. The number of nitrogens with zero attached hydrogens (tertiary/aromatic N) is 1. The Morgan fingerprint density at radius 2 is 1.70 bits per heavy atom. The predicted molar refractivity (Wildman–Crippen MR) is 76.7 cm³/mol. The Morgan fingerprint density at radius 3 is 2.30 bits per heavy atom. The average molecular weight is 271 g/mol. The summed E-state index contributed by atoms with van der Waals surface area (Å²) in [4.78, 5) is 16.8. The van der Waals surface area contributed by atoms with Crippen LogP contribution < -0.4 is 9.47 Å². The van der Waals surface area contributed by atoms with Crippen LogP contribution in [0.25, 0.3) is 0 Å². The smallest absolute Gasteiger partial charge is 0.194 e. The number of hydrogen-bond donors (Lipinski definition) is 0. The van der Waals surface area contributed by atoms with E-state index in [0.29, 0.717) is 22.6 Å². The van der Waals surface area contributed by atoms with Crippen molar-refractivity contribution >= 4 is 5.78 Å². The van der Waals surface area contributed by atoms with Gasteiger partial charge in [-0.05, 0) is 44.2 Å². The lowest BCUT2D eigenvalue weighted by Gasteiger charge is -2.10. The second kappa shape index (κ2) is 5.74. The second-order valence-corrected chi connectivity index (χ2v) is 4.48. The van der Waals surface area contributed by atoms with Gasteiger partial charge in [-0.2, -0.15) is 0 Å². The predicted octanol–water partition coefficient (Wildman–Crippen LogP) is 2.95. The van der Waals surface area contributed by atoms with Crippen molar-refractivity contribution < 1.29 is 14.3 Å². The highest BCUT2D eigenvalue weighted by atomic mass is 16.5. The number of ether oxygens (including phenoxy) is 2. The van der Waals surface area contributed by atoms with Crippen LogP contribution in [0.15, 0.2) is 30.3 Å². The summed E-state index contributed by atoms with van der Waals surface area (Å²) in [5.74, 6) is 1.06. The number of ketones is 1. The van der Waals surface area contributed by atoms with Crippen molar-refractivity contribution in [3.63, 3.8) is 0 Å². The number of methoxy groups -OCH3 is 2. The first-order chi connectivity index (χ1) is 9.56. The quantitative estimate of drug-likeness (QED) is 0.802. The van der Waals surface area contributed by atoms with E-state index in [2.05, 4.69) is 4.98 Å². The molecule has 0 unspecified atom stereocenters. The first kappa shape index (κ1) is 14.1. The summed E-state index contributed by atoms with van der Waals surface area (Å²) in [6, 6.07) is 8.77. The number of aromatic nitrogens is 1. The van der Waals surface area contributed by atoms with E-state index in [4.69, 9.17) is 9.47 Å². The number of pyridine rings is 1.